The zero-order valence-corrected chi connectivity index (χ0v) is 22.5. The third-order valence-electron chi connectivity index (χ3n) is 13.9. The number of rotatable bonds is 0. The summed E-state index contributed by atoms with van der Waals surface area (Å²) in [6.45, 7) is 10.6. The highest BCUT2D eigenvalue weighted by Gasteiger charge is 2.68. The first-order valence-corrected chi connectivity index (χ1v) is 15.9. The second-order valence-electron chi connectivity index (χ2n) is 15.9. The van der Waals surface area contributed by atoms with Gasteiger partial charge in [0, 0.05) is 0 Å². The zero-order chi connectivity index (χ0) is 22.5. The first-order chi connectivity index (χ1) is 15.9. The molecule has 7 aliphatic carbocycles. The minimum atomic E-state index is 0.733. The minimum absolute atomic E-state index is 0.733. The molecular weight excluding hydrogens is 396 g/mol. The molecule has 0 aromatic carbocycles. The summed E-state index contributed by atoms with van der Waals surface area (Å²) in [4.78, 5) is 0. The van der Waals surface area contributed by atoms with E-state index < -0.39 is 0 Å². The molecule has 7 fully saturated rings. The normalized spacial score (nSPS) is 62.2. The van der Waals surface area contributed by atoms with Gasteiger partial charge >= 0.3 is 0 Å². The largest absolute Gasteiger partial charge is 0.0625 e. The van der Waals surface area contributed by atoms with Gasteiger partial charge in [0.1, 0.15) is 0 Å². The summed E-state index contributed by atoms with van der Waals surface area (Å²) in [7, 11) is 0. The molecule has 14 unspecified atom stereocenters. The van der Waals surface area contributed by atoms with Crippen LogP contribution in [0.4, 0.5) is 0 Å². The van der Waals surface area contributed by atoms with Gasteiger partial charge in [-0.05, 0) is 152 Å². The lowest BCUT2D eigenvalue weighted by atomic mass is 9.52. The molecule has 186 valence electrons. The van der Waals surface area contributed by atoms with Crippen LogP contribution in [0.3, 0.4) is 0 Å². The fraction of sp³-hybridized carbons (Fsp3) is 1.00. The predicted octanol–water partition coefficient (Wildman–Crippen LogP) is 9.24. The second-order valence-corrected chi connectivity index (χ2v) is 15.9. The van der Waals surface area contributed by atoms with Crippen LogP contribution in [0.15, 0.2) is 0 Å². The fourth-order valence-corrected chi connectivity index (χ4v) is 14.0. The maximum absolute atomic E-state index is 2.72. The molecule has 0 saturated heterocycles. The third kappa shape index (κ3) is 3.26. The van der Waals surface area contributed by atoms with Crippen LogP contribution < -0.4 is 0 Å². The fourth-order valence-electron chi connectivity index (χ4n) is 14.0. The molecule has 0 radical (unpaired) electrons. The van der Waals surface area contributed by atoms with Crippen molar-refractivity contribution >= 4 is 0 Å². The van der Waals surface area contributed by atoms with Gasteiger partial charge < -0.3 is 0 Å². The molecule has 0 bridgehead atoms. The molecule has 1 spiro atoms. The van der Waals surface area contributed by atoms with Crippen LogP contribution >= 0.6 is 0 Å². The van der Waals surface area contributed by atoms with Crippen LogP contribution in [-0.4, -0.2) is 0 Å². The summed E-state index contributed by atoms with van der Waals surface area (Å²) in [6, 6.07) is 0. The second kappa shape index (κ2) is 8.00. The van der Waals surface area contributed by atoms with Gasteiger partial charge in [-0.25, -0.2) is 0 Å². The van der Waals surface area contributed by atoms with E-state index in [4.69, 9.17) is 0 Å². The summed E-state index contributed by atoms with van der Waals surface area (Å²) < 4.78 is 0. The summed E-state index contributed by atoms with van der Waals surface area (Å²) in [5.41, 5.74) is 0.733. The minimum Gasteiger partial charge on any atom is -0.0625 e. The lowest BCUT2D eigenvalue weighted by molar-refractivity contribution is -0.0397. The van der Waals surface area contributed by atoms with Gasteiger partial charge in [-0.2, -0.15) is 0 Å². The van der Waals surface area contributed by atoms with Crippen LogP contribution in [0, 0.1) is 88.3 Å². The van der Waals surface area contributed by atoms with Crippen LogP contribution in [-0.2, 0) is 0 Å². The molecular formula is C33H54. The summed E-state index contributed by atoms with van der Waals surface area (Å²) in [5.74, 6) is 15.2. The van der Waals surface area contributed by atoms with Crippen molar-refractivity contribution in [2.75, 3.05) is 0 Å². The van der Waals surface area contributed by atoms with Crippen molar-refractivity contribution in [2.24, 2.45) is 88.3 Å². The van der Waals surface area contributed by atoms with Gasteiger partial charge in [0.2, 0.25) is 0 Å². The van der Waals surface area contributed by atoms with E-state index in [-0.39, 0.29) is 0 Å². The molecule has 0 heteroatoms. The lowest BCUT2D eigenvalue weighted by Gasteiger charge is -2.53. The van der Waals surface area contributed by atoms with Crippen LogP contribution in [0.25, 0.3) is 0 Å². The zero-order valence-electron chi connectivity index (χ0n) is 22.5. The molecule has 0 aromatic heterocycles. The Kier molecular flexibility index (Phi) is 5.39. The highest BCUT2D eigenvalue weighted by atomic mass is 14.7. The molecule has 0 N–H and O–H groups in total. The van der Waals surface area contributed by atoms with Crippen molar-refractivity contribution in [3.8, 4) is 0 Å². The van der Waals surface area contributed by atoms with Crippen molar-refractivity contribution in [3.63, 3.8) is 0 Å². The van der Waals surface area contributed by atoms with Crippen LogP contribution in [0.1, 0.15) is 118 Å². The van der Waals surface area contributed by atoms with Crippen molar-refractivity contribution in [1.82, 2.24) is 0 Å². The molecule has 33 heavy (non-hydrogen) atoms. The molecule has 14 atom stereocenters. The number of hydrogen-bond donors (Lipinski definition) is 0. The Morgan fingerprint density at radius 1 is 0.515 bits per heavy atom. The van der Waals surface area contributed by atoms with Gasteiger partial charge in [-0.1, -0.05) is 53.4 Å². The first-order valence-electron chi connectivity index (χ1n) is 15.9. The van der Waals surface area contributed by atoms with E-state index in [2.05, 4.69) is 27.7 Å². The molecule has 7 saturated carbocycles. The lowest BCUT2D eigenvalue weighted by Crippen LogP contribution is -2.45. The Balaban J connectivity index is 1.27. The van der Waals surface area contributed by atoms with E-state index in [1.807, 2.05) is 0 Å². The van der Waals surface area contributed by atoms with Gasteiger partial charge in [0.15, 0.2) is 0 Å². The van der Waals surface area contributed by atoms with E-state index in [0.29, 0.717) is 0 Å². The average molecular weight is 451 g/mol. The quantitative estimate of drug-likeness (QED) is 0.345. The van der Waals surface area contributed by atoms with Crippen LogP contribution in [0.2, 0.25) is 0 Å². The highest BCUT2D eigenvalue weighted by Crippen LogP contribution is 2.74. The average Bonchev–Trinajstić information content (AvgIpc) is 3.24. The third-order valence-corrected chi connectivity index (χ3v) is 13.9. The SMILES string of the molecule is CC1CC(C)C2C(C1)C1C3C(CCC1C21CC(C)CC(C)C1)CC1CC2CCCCC2CC13. The van der Waals surface area contributed by atoms with Crippen molar-refractivity contribution in [3.05, 3.63) is 0 Å². The van der Waals surface area contributed by atoms with Crippen molar-refractivity contribution < 1.29 is 0 Å². The van der Waals surface area contributed by atoms with Gasteiger partial charge in [0.25, 0.3) is 0 Å². The Bertz CT molecular complexity index is 726. The summed E-state index contributed by atoms with van der Waals surface area (Å²) in [6.07, 6.45) is 22.4. The van der Waals surface area contributed by atoms with Crippen molar-refractivity contribution in [1.29, 1.82) is 0 Å². The van der Waals surface area contributed by atoms with Crippen LogP contribution in [0.5, 0.6) is 0 Å². The predicted molar refractivity (Wildman–Crippen MR) is 139 cm³/mol. The molecule has 0 amide bonds. The summed E-state index contributed by atoms with van der Waals surface area (Å²) in [5, 5.41) is 0. The van der Waals surface area contributed by atoms with Gasteiger partial charge in [-0.3, -0.25) is 0 Å². The highest BCUT2D eigenvalue weighted by molar-refractivity contribution is 5.16. The smallest absolute Gasteiger partial charge is 0.0228 e. The Morgan fingerprint density at radius 2 is 1.21 bits per heavy atom. The Labute approximate surface area is 205 Å². The number of fused-ring (bicyclic) bond motifs is 10. The Morgan fingerprint density at radius 3 is 1.97 bits per heavy atom. The topological polar surface area (TPSA) is 0 Å². The van der Waals surface area contributed by atoms with Crippen molar-refractivity contribution in [2.45, 2.75) is 118 Å². The van der Waals surface area contributed by atoms with E-state index in [0.717, 1.165) is 88.3 Å². The van der Waals surface area contributed by atoms with E-state index in [9.17, 15) is 0 Å². The van der Waals surface area contributed by atoms with E-state index in [1.165, 1.54) is 12.8 Å². The summed E-state index contributed by atoms with van der Waals surface area (Å²) >= 11 is 0. The standard InChI is InChI=1S/C33H54/c1-19-12-22(4)32-28(13-19)31-29(33(32)17-20(2)11-21(3)18-33)10-9-25-15-26-14-23-7-5-6-8-24(23)16-27(26)30(25)31/h19-32H,5-18H2,1-4H3. The molecule has 7 aliphatic rings. The Hall–Kier alpha value is 0. The number of hydrogen-bond acceptors (Lipinski definition) is 0. The first kappa shape index (κ1) is 22.2. The van der Waals surface area contributed by atoms with Gasteiger partial charge in [-0.15, -0.1) is 0 Å². The molecule has 0 aromatic rings. The maximum Gasteiger partial charge on any atom is -0.0228 e. The van der Waals surface area contributed by atoms with Gasteiger partial charge in [0.05, 0.1) is 0 Å². The molecule has 0 heterocycles. The molecule has 0 nitrogen and oxygen atoms in total. The molecule has 0 aliphatic heterocycles. The van der Waals surface area contributed by atoms with E-state index >= 15 is 0 Å². The van der Waals surface area contributed by atoms with E-state index in [1.54, 1.807) is 77.0 Å². The molecule has 7 rings (SSSR count). The maximum atomic E-state index is 2.72. The monoisotopic (exact) mass is 450 g/mol.